The molecule has 0 saturated heterocycles. The number of esters is 1. The van der Waals surface area contributed by atoms with Gasteiger partial charge in [0, 0.05) is 8.22 Å². The number of hydrogen-bond donors (Lipinski definition) is 2. The van der Waals surface area contributed by atoms with Crippen LogP contribution in [0.5, 0.6) is 11.5 Å². The van der Waals surface area contributed by atoms with Gasteiger partial charge in [-0.3, -0.25) is 9.59 Å². The molecular weight excluding hydrogens is 571 g/mol. The molecule has 4 aromatic rings. The summed E-state index contributed by atoms with van der Waals surface area (Å²) < 4.78 is 75.0. The van der Waals surface area contributed by atoms with Crippen LogP contribution in [-0.4, -0.2) is 41.2 Å². The minimum absolute atomic E-state index is 0.103. The smallest absolute Gasteiger partial charge is 0.312 e. The normalized spacial score (nSPS) is 16.6. The fourth-order valence-electron chi connectivity index (χ4n) is 3.32. The zero-order valence-electron chi connectivity index (χ0n) is 28.5. The van der Waals surface area contributed by atoms with Crippen molar-refractivity contribution in [3.8, 4) is 11.5 Å². The van der Waals surface area contributed by atoms with Crippen LogP contribution < -0.4 is 4.74 Å². The average molecular weight is 612 g/mol. The Morgan fingerprint density at radius 1 is 0.806 bits per heavy atom. The molecule has 0 spiro atoms. The van der Waals surface area contributed by atoms with E-state index in [1.807, 2.05) is 4.93 Å². The number of carboxylic acids is 1. The lowest BCUT2D eigenvalue weighted by Gasteiger charge is -2.10. The Balaban J connectivity index is 0.000000304. The summed E-state index contributed by atoms with van der Waals surface area (Å²) in [5, 5.41) is 21.3. The van der Waals surface area contributed by atoms with E-state index in [0.29, 0.717) is 16.5 Å². The quantitative estimate of drug-likeness (QED) is 0.145. The minimum atomic E-state index is -3.00. The van der Waals surface area contributed by atoms with Crippen LogP contribution in [0.2, 0.25) is 0 Å². The van der Waals surface area contributed by atoms with Crippen LogP contribution in [0.15, 0.2) is 72.8 Å². The monoisotopic (exact) mass is 611 g/mol. The zero-order chi connectivity index (χ0) is 34.3. The van der Waals surface area contributed by atoms with Gasteiger partial charge in [-0.25, -0.2) is 0 Å². The van der Waals surface area contributed by atoms with E-state index in [1.165, 1.54) is 43.5 Å². The van der Waals surface area contributed by atoms with E-state index >= 15 is 0 Å². The molecule has 4 aromatic carbocycles. The molecule has 36 heavy (non-hydrogen) atoms. The second-order valence-electron chi connectivity index (χ2n) is 7.39. The van der Waals surface area contributed by atoms with Gasteiger partial charge in [0.1, 0.15) is 11.5 Å². The molecule has 2 N–H and O–H groups in total. The first-order chi connectivity index (χ1) is 20.8. The highest BCUT2D eigenvalue weighted by molar-refractivity contribution is 14.1. The van der Waals surface area contributed by atoms with Gasteiger partial charge in [0.05, 0.1) is 30.1 Å². The van der Waals surface area contributed by atoms with Crippen molar-refractivity contribution in [1.82, 2.24) is 0 Å². The summed E-state index contributed by atoms with van der Waals surface area (Å²) in [4.78, 5) is 25.2. The molecule has 190 valence electrons. The molecule has 2 atom stereocenters. The van der Waals surface area contributed by atoms with Crippen LogP contribution in [0.3, 0.4) is 0 Å². The summed E-state index contributed by atoms with van der Waals surface area (Å²) in [6.45, 7) is -5.33. The Bertz CT molecular complexity index is 1640. The molecule has 0 fully saturated rings. The zero-order valence-corrected chi connectivity index (χ0v) is 21.6. The van der Waals surface area contributed by atoms with E-state index in [1.54, 1.807) is 36.4 Å². The number of carbonyl (C=O) groups is 2. The predicted octanol–water partition coefficient (Wildman–Crippen LogP) is 6.91. The van der Waals surface area contributed by atoms with Crippen LogP contribution in [0, 0.1) is 0 Å². The van der Waals surface area contributed by atoms with Gasteiger partial charge in [0.15, 0.2) is 0 Å². The number of carbonyl (C=O) groups excluding carboxylic acids is 1. The molecule has 0 amide bonds. The van der Waals surface area contributed by atoms with Gasteiger partial charge in [-0.2, -0.15) is 0 Å². The molecule has 0 aliphatic carbocycles. The van der Waals surface area contributed by atoms with E-state index in [9.17, 15) is 14.7 Å². The van der Waals surface area contributed by atoms with E-state index in [4.69, 9.17) is 22.2 Å². The molecule has 7 heteroatoms. The van der Waals surface area contributed by atoms with Crippen molar-refractivity contribution >= 4 is 56.1 Å². The molecular formula is C29H31IO6. The van der Waals surface area contributed by atoms with Crippen molar-refractivity contribution in [3.05, 3.63) is 83.9 Å². The number of halogens is 1. The van der Waals surface area contributed by atoms with Crippen LogP contribution in [-0.2, 0) is 14.3 Å². The van der Waals surface area contributed by atoms with Gasteiger partial charge < -0.3 is 19.7 Å². The SMILES string of the molecule is CI.[2H]C([2H])([2H])C(C(=O)O)c1ccc2cc(O)ccc2c1.[2H]C([2H])([2H])OC(=O)C(c1ccc2cc(OC)ccc2c1)C([2H])([2H])[2H]. The Morgan fingerprint density at radius 2 is 1.33 bits per heavy atom. The van der Waals surface area contributed by atoms with Crippen LogP contribution in [0.4, 0.5) is 0 Å². The standard InChI is InChI=1S/C15H16O3.C13H12O3.CH3I/c1-10(15(16)18-3)11-4-5-13-9-14(17-2)7-6-12(13)8-11;1-8(13(15)16)9-2-3-11-7-12(14)5-4-10(11)6-9;1-2/h4-10H,1-3H3;2-8,14H,1H3,(H,15,16);1H3/i1D3,3D3;1D3;. The molecule has 0 aromatic heterocycles. The van der Waals surface area contributed by atoms with Crippen molar-refractivity contribution in [2.24, 2.45) is 0 Å². The van der Waals surface area contributed by atoms with Gasteiger partial charge in [-0.15, -0.1) is 0 Å². The van der Waals surface area contributed by atoms with E-state index in [0.717, 1.165) is 10.8 Å². The van der Waals surface area contributed by atoms with Crippen molar-refractivity contribution in [1.29, 1.82) is 0 Å². The lowest BCUT2D eigenvalue weighted by Crippen LogP contribution is -2.10. The molecule has 2 unspecified atom stereocenters. The largest absolute Gasteiger partial charge is 0.508 e. The molecule has 0 aliphatic rings. The number of hydrogen-bond acceptors (Lipinski definition) is 5. The first kappa shape index (κ1) is 18.0. The van der Waals surface area contributed by atoms with Gasteiger partial charge >= 0.3 is 11.9 Å². The Hall–Kier alpha value is -3.33. The number of phenols is 1. The summed E-state index contributed by atoms with van der Waals surface area (Å²) in [7, 11) is -1.46. The Kier molecular flexibility index (Phi) is 6.84. The van der Waals surface area contributed by atoms with Crippen molar-refractivity contribution in [2.75, 3.05) is 19.1 Å². The van der Waals surface area contributed by atoms with Crippen molar-refractivity contribution in [2.45, 2.75) is 25.5 Å². The number of methoxy groups -OCH3 is 2. The van der Waals surface area contributed by atoms with Gasteiger partial charge in [0.2, 0.25) is 0 Å². The number of fused-ring (bicyclic) bond motifs is 2. The van der Waals surface area contributed by atoms with Crippen molar-refractivity contribution in [3.63, 3.8) is 0 Å². The lowest BCUT2D eigenvalue weighted by molar-refractivity contribution is -0.142. The minimum Gasteiger partial charge on any atom is -0.508 e. The van der Waals surface area contributed by atoms with Crippen LogP contribution in [0.1, 0.15) is 49.0 Å². The highest BCUT2D eigenvalue weighted by Crippen LogP contribution is 2.26. The summed E-state index contributed by atoms with van der Waals surface area (Å²) in [6.07, 6.45) is 0. The molecule has 4 rings (SSSR count). The van der Waals surface area contributed by atoms with Crippen LogP contribution in [0.25, 0.3) is 21.5 Å². The highest BCUT2D eigenvalue weighted by Gasteiger charge is 2.16. The summed E-state index contributed by atoms with van der Waals surface area (Å²) in [5.74, 6) is -5.16. The number of carboxylic acid groups (broad SMARTS) is 1. The molecule has 0 bridgehead atoms. The lowest BCUT2D eigenvalue weighted by atomic mass is 9.98. The number of ether oxygens (including phenoxy) is 2. The van der Waals surface area contributed by atoms with E-state index in [2.05, 4.69) is 27.3 Å². The highest BCUT2D eigenvalue weighted by atomic mass is 127. The molecule has 0 radical (unpaired) electrons. The maximum absolute atomic E-state index is 12.1. The molecule has 0 heterocycles. The summed E-state index contributed by atoms with van der Waals surface area (Å²) in [6, 6.07) is 19.1. The third-order valence-electron chi connectivity index (χ3n) is 5.17. The second-order valence-corrected chi connectivity index (χ2v) is 7.39. The number of benzene rings is 4. The summed E-state index contributed by atoms with van der Waals surface area (Å²) in [5.41, 5.74) is 0.396. The van der Waals surface area contributed by atoms with Gasteiger partial charge in [-0.05, 0) is 75.6 Å². The molecule has 6 nitrogen and oxygen atoms in total. The molecule has 0 saturated carbocycles. The first-order valence-electron chi connectivity index (χ1n) is 14.9. The topological polar surface area (TPSA) is 93.1 Å². The number of aliphatic carboxylic acids is 1. The summed E-state index contributed by atoms with van der Waals surface area (Å²) >= 11 is 2.15. The predicted molar refractivity (Wildman–Crippen MR) is 153 cm³/mol. The Labute approximate surface area is 237 Å². The third-order valence-corrected chi connectivity index (χ3v) is 5.17. The fourth-order valence-corrected chi connectivity index (χ4v) is 3.32. The van der Waals surface area contributed by atoms with Gasteiger partial charge in [-0.1, -0.05) is 71.1 Å². The van der Waals surface area contributed by atoms with Crippen molar-refractivity contribution < 1.29 is 41.6 Å². The first-order valence-corrected chi connectivity index (χ1v) is 12.6. The number of phenolic OH excluding ortho intramolecular Hbond substituents is 1. The fraction of sp³-hybridized carbons (Fsp3) is 0.241. The second kappa shape index (κ2) is 13.7. The Morgan fingerprint density at radius 3 is 1.89 bits per heavy atom. The van der Waals surface area contributed by atoms with E-state index in [-0.39, 0.29) is 16.9 Å². The molecule has 0 aliphatic heterocycles. The van der Waals surface area contributed by atoms with Gasteiger partial charge in [0.25, 0.3) is 0 Å². The maximum Gasteiger partial charge on any atom is 0.312 e. The maximum atomic E-state index is 12.1. The number of rotatable bonds is 5. The number of aromatic hydroxyl groups is 1. The van der Waals surface area contributed by atoms with E-state index < -0.39 is 44.5 Å². The van der Waals surface area contributed by atoms with Crippen LogP contribution >= 0.6 is 22.6 Å². The third kappa shape index (κ3) is 7.34. The average Bonchev–Trinajstić information content (AvgIpc) is 2.91. The number of alkyl halides is 1.